The average molecular weight is 274 g/mol. The second-order valence-corrected chi connectivity index (χ2v) is 7.21. The molecule has 2 rings (SSSR count). The lowest BCUT2D eigenvalue weighted by molar-refractivity contribution is -0.137. The maximum Gasteiger partial charge on any atom is 0.241 e. The summed E-state index contributed by atoms with van der Waals surface area (Å²) in [6, 6.07) is -0.452. The normalized spacial score (nSPS) is 27.2. The SMILES string of the molecule is CS(=O)(=O)N1CCCCC1C(=O)N1CCCCC1. The number of sulfonamides is 1. The van der Waals surface area contributed by atoms with Gasteiger partial charge in [-0.3, -0.25) is 4.79 Å². The van der Waals surface area contributed by atoms with E-state index in [1.54, 1.807) is 0 Å². The number of amides is 1. The summed E-state index contributed by atoms with van der Waals surface area (Å²) in [7, 11) is -3.27. The van der Waals surface area contributed by atoms with Crippen molar-refractivity contribution in [2.24, 2.45) is 0 Å². The molecule has 2 fully saturated rings. The molecule has 1 unspecified atom stereocenters. The molecule has 104 valence electrons. The minimum atomic E-state index is -3.27. The van der Waals surface area contributed by atoms with Crippen LogP contribution in [-0.2, 0) is 14.8 Å². The molecule has 2 aliphatic heterocycles. The molecular weight excluding hydrogens is 252 g/mol. The first-order valence-corrected chi connectivity index (χ1v) is 8.60. The van der Waals surface area contributed by atoms with Gasteiger partial charge in [0.2, 0.25) is 15.9 Å². The van der Waals surface area contributed by atoms with Crippen LogP contribution in [0.1, 0.15) is 38.5 Å². The second kappa shape index (κ2) is 5.57. The molecule has 0 radical (unpaired) electrons. The molecule has 18 heavy (non-hydrogen) atoms. The van der Waals surface area contributed by atoms with Gasteiger partial charge in [0.15, 0.2) is 0 Å². The number of nitrogens with zero attached hydrogens (tertiary/aromatic N) is 2. The molecular formula is C12H22N2O3S. The minimum Gasteiger partial charge on any atom is -0.341 e. The maximum absolute atomic E-state index is 12.4. The van der Waals surface area contributed by atoms with Gasteiger partial charge in [0.25, 0.3) is 0 Å². The summed E-state index contributed by atoms with van der Waals surface area (Å²) in [4.78, 5) is 14.3. The van der Waals surface area contributed by atoms with Crippen molar-refractivity contribution in [3.05, 3.63) is 0 Å². The Labute approximate surface area is 109 Å². The Morgan fingerprint density at radius 1 is 1.00 bits per heavy atom. The van der Waals surface area contributed by atoms with Crippen LogP contribution < -0.4 is 0 Å². The number of rotatable bonds is 2. The molecule has 0 aromatic carbocycles. The van der Waals surface area contributed by atoms with E-state index in [1.165, 1.54) is 17.0 Å². The monoisotopic (exact) mass is 274 g/mol. The summed E-state index contributed by atoms with van der Waals surface area (Å²) < 4.78 is 24.9. The molecule has 0 aromatic rings. The molecule has 0 aromatic heterocycles. The number of likely N-dealkylation sites (tertiary alicyclic amines) is 1. The number of carbonyl (C=O) groups excluding carboxylic acids is 1. The van der Waals surface area contributed by atoms with E-state index in [4.69, 9.17) is 0 Å². The van der Waals surface area contributed by atoms with Gasteiger partial charge in [-0.15, -0.1) is 0 Å². The van der Waals surface area contributed by atoms with Crippen molar-refractivity contribution in [3.8, 4) is 0 Å². The van der Waals surface area contributed by atoms with E-state index >= 15 is 0 Å². The first-order chi connectivity index (χ1) is 8.50. The van der Waals surface area contributed by atoms with E-state index in [0.29, 0.717) is 13.0 Å². The Balaban J connectivity index is 2.10. The predicted molar refractivity (Wildman–Crippen MR) is 69.6 cm³/mol. The molecule has 2 heterocycles. The summed E-state index contributed by atoms with van der Waals surface area (Å²) in [5, 5.41) is 0. The summed E-state index contributed by atoms with van der Waals surface area (Å²) in [5.74, 6) is 0.0137. The number of piperidine rings is 2. The van der Waals surface area contributed by atoms with Gasteiger partial charge in [-0.05, 0) is 32.1 Å². The van der Waals surface area contributed by atoms with Crippen LogP contribution in [0.4, 0.5) is 0 Å². The highest BCUT2D eigenvalue weighted by Crippen LogP contribution is 2.23. The first-order valence-electron chi connectivity index (χ1n) is 6.76. The molecule has 0 bridgehead atoms. The van der Waals surface area contributed by atoms with Crippen molar-refractivity contribution in [2.75, 3.05) is 25.9 Å². The van der Waals surface area contributed by atoms with Gasteiger partial charge in [-0.25, -0.2) is 8.42 Å². The fourth-order valence-corrected chi connectivity index (χ4v) is 3.99. The van der Waals surface area contributed by atoms with Gasteiger partial charge in [-0.2, -0.15) is 4.31 Å². The van der Waals surface area contributed by atoms with E-state index in [9.17, 15) is 13.2 Å². The van der Waals surface area contributed by atoms with Gasteiger partial charge in [0, 0.05) is 19.6 Å². The Hall–Kier alpha value is -0.620. The highest BCUT2D eigenvalue weighted by molar-refractivity contribution is 7.88. The van der Waals surface area contributed by atoms with Crippen molar-refractivity contribution < 1.29 is 13.2 Å². The van der Waals surface area contributed by atoms with E-state index < -0.39 is 16.1 Å². The van der Waals surface area contributed by atoms with Crippen LogP contribution >= 0.6 is 0 Å². The van der Waals surface area contributed by atoms with Gasteiger partial charge in [0.05, 0.1) is 6.26 Å². The van der Waals surface area contributed by atoms with Crippen molar-refractivity contribution >= 4 is 15.9 Å². The molecule has 6 heteroatoms. The summed E-state index contributed by atoms with van der Waals surface area (Å²) in [5.41, 5.74) is 0. The first kappa shape index (κ1) is 13.8. The van der Waals surface area contributed by atoms with Gasteiger partial charge >= 0.3 is 0 Å². The number of hydrogen-bond acceptors (Lipinski definition) is 3. The van der Waals surface area contributed by atoms with Gasteiger partial charge in [-0.1, -0.05) is 6.42 Å². The van der Waals surface area contributed by atoms with Crippen LogP contribution in [-0.4, -0.2) is 55.5 Å². The van der Waals surface area contributed by atoms with E-state index in [1.807, 2.05) is 4.90 Å². The molecule has 5 nitrogen and oxygen atoms in total. The largest absolute Gasteiger partial charge is 0.341 e. The standard InChI is InChI=1S/C12H22N2O3S/c1-18(16,17)14-10-6-3-7-11(14)12(15)13-8-4-2-5-9-13/h11H,2-10H2,1H3. The van der Waals surface area contributed by atoms with Crippen LogP contribution in [0.25, 0.3) is 0 Å². The lowest BCUT2D eigenvalue weighted by Gasteiger charge is -2.37. The van der Waals surface area contributed by atoms with Crippen molar-refractivity contribution in [1.29, 1.82) is 0 Å². The van der Waals surface area contributed by atoms with Crippen molar-refractivity contribution in [1.82, 2.24) is 9.21 Å². The number of hydrogen-bond donors (Lipinski definition) is 0. The second-order valence-electron chi connectivity index (χ2n) is 5.27. The van der Waals surface area contributed by atoms with Crippen LogP contribution in [0.2, 0.25) is 0 Å². The number of carbonyl (C=O) groups is 1. The molecule has 0 spiro atoms. The van der Waals surface area contributed by atoms with E-state index in [2.05, 4.69) is 0 Å². The zero-order valence-electron chi connectivity index (χ0n) is 11.0. The third-order valence-corrected chi connectivity index (χ3v) is 5.12. The smallest absolute Gasteiger partial charge is 0.241 e. The Morgan fingerprint density at radius 2 is 1.61 bits per heavy atom. The van der Waals surface area contributed by atoms with Crippen LogP contribution in [0.3, 0.4) is 0 Å². The van der Waals surface area contributed by atoms with Crippen LogP contribution in [0, 0.1) is 0 Å². The molecule has 1 atom stereocenters. The quantitative estimate of drug-likeness (QED) is 0.749. The molecule has 0 N–H and O–H groups in total. The van der Waals surface area contributed by atoms with Crippen LogP contribution in [0.15, 0.2) is 0 Å². The van der Waals surface area contributed by atoms with Crippen molar-refractivity contribution in [2.45, 2.75) is 44.6 Å². The Morgan fingerprint density at radius 3 is 2.22 bits per heavy atom. The lowest BCUT2D eigenvalue weighted by Crippen LogP contribution is -2.53. The highest BCUT2D eigenvalue weighted by atomic mass is 32.2. The molecule has 1 amide bonds. The molecule has 2 saturated heterocycles. The highest BCUT2D eigenvalue weighted by Gasteiger charge is 2.36. The van der Waals surface area contributed by atoms with Gasteiger partial charge in [0.1, 0.15) is 6.04 Å². The zero-order chi connectivity index (χ0) is 13.2. The van der Waals surface area contributed by atoms with Crippen molar-refractivity contribution in [3.63, 3.8) is 0 Å². The summed E-state index contributed by atoms with van der Waals surface area (Å²) in [6.45, 7) is 2.06. The minimum absolute atomic E-state index is 0.0137. The average Bonchev–Trinajstić information content (AvgIpc) is 2.38. The Kier molecular flexibility index (Phi) is 4.27. The summed E-state index contributed by atoms with van der Waals surface area (Å²) in [6.07, 6.45) is 6.92. The third kappa shape index (κ3) is 3.03. The lowest BCUT2D eigenvalue weighted by atomic mass is 10.0. The fourth-order valence-electron chi connectivity index (χ4n) is 2.87. The van der Waals surface area contributed by atoms with Gasteiger partial charge < -0.3 is 4.90 Å². The fraction of sp³-hybridized carbons (Fsp3) is 0.917. The predicted octanol–water partition coefficient (Wildman–Crippen LogP) is 0.813. The zero-order valence-corrected chi connectivity index (χ0v) is 11.8. The maximum atomic E-state index is 12.4. The topological polar surface area (TPSA) is 57.7 Å². The third-order valence-electron chi connectivity index (χ3n) is 3.83. The van der Waals surface area contributed by atoms with E-state index in [-0.39, 0.29) is 5.91 Å². The Bertz CT molecular complexity index is 402. The molecule has 0 saturated carbocycles. The van der Waals surface area contributed by atoms with Crippen LogP contribution in [0.5, 0.6) is 0 Å². The molecule has 0 aliphatic carbocycles. The summed E-state index contributed by atoms with van der Waals surface area (Å²) >= 11 is 0. The van der Waals surface area contributed by atoms with E-state index in [0.717, 1.165) is 38.8 Å². The molecule has 2 aliphatic rings.